The fraction of sp³-hybridized carbons (Fsp3) is 0.308. The molecule has 3 nitrogen and oxygen atoms in total. The molecule has 0 aliphatic rings. The normalized spacial score (nSPS) is 9.69. The summed E-state index contributed by atoms with van der Waals surface area (Å²) >= 11 is 0. The molecule has 0 unspecified atom stereocenters. The average molecular weight is 220 g/mol. The highest BCUT2D eigenvalue weighted by molar-refractivity contribution is 5.99. The van der Waals surface area contributed by atoms with Crippen LogP contribution in [-0.4, -0.2) is 20.0 Å². The Bertz CT molecular complexity index is 408. The van der Waals surface area contributed by atoms with E-state index in [0.29, 0.717) is 23.5 Å². The Labute approximate surface area is 95.7 Å². The largest absolute Gasteiger partial charge is 0.496 e. The Balaban J connectivity index is 3.45. The fourth-order valence-corrected chi connectivity index (χ4v) is 1.70. The van der Waals surface area contributed by atoms with Gasteiger partial charge in [-0.15, -0.1) is 6.58 Å². The van der Waals surface area contributed by atoms with Crippen molar-refractivity contribution in [3.63, 3.8) is 0 Å². The molecule has 0 radical (unpaired) electrons. The van der Waals surface area contributed by atoms with Gasteiger partial charge in [0, 0.05) is 5.56 Å². The molecule has 0 N–H and O–H groups in total. The van der Waals surface area contributed by atoms with Gasteiger partial charge in [-0.05, 0) is 25.5 Å². The molecular formula is C13H16O3. The van der Waals surface area contributed by atoms with Gasteiger partial charge in [-0.1, -0.05) is 6.08 Å². The number of benzene rings is 1. The predicted octanol–water partition coefficient (Wildman–Crippen LogP) is 2.63. The van der Waals surface area contributed by atoms with Gasteiger partial charge in [-0.2, -0.15) is 0 Å². The summed E-state index contributed by atoms with van der Waals surface area (Å²) in [5.41, 5.74) is 1.39. The Morgan fingerprint density at radius 1 is 1.31 bits per heavy atom. The van der Waals surface area contributed by atoms with Crippen LogP contribution in [0, 0.1) is 0 Å². The maximum atomic E-state index is 11.6. The fourth-order valence-electron chi connectivity index (χ4n) is 1.70. The highest BCUT2D eigenvalue weighted by Gasteiger charge is 2.17. The van der Waals surface area contributed by atoms with Crippen molar-refractivity contribution < 1.29 is 14.3 Å². The number of rotatable bonds is 5. The van der Waals surface area contributed by atoms with Crippen LogP contribution in [0.25, 0.3) is 0 Å². The van der Waals surface area contributed by atoms with Gasteiger partial charge in [0.15, 0.2) is 5.78 Å². The zero-order valence-corrected chi connectivity index (χ0v) is 9.87. The molecule has 0 amide bonds. The van der Waals surface area contributed by atoms with Crippen molar-refractivity contribution in [1.29, 1.82) is 0 Å². The summed E-state index contributed by atoms with van der Waals surface area (Å²) in [6.45, 7) is 5.20. The molecule has 86 valence electrons. The number of ketones is 1. The smallest absolute Gasteiger partial charge is 0.163 e. The molecule has 0 fully saturated rings. The molecule has 1 aromatic carbocycles. The van der Waals surface area contributed by atoms with Crippen molar-refractivity contribution in [2.45, 2.75) is 13.3 Å². The van der Waals surface area contributed by atoms with E-state index in [2.05, 4.69) is 6.58 Å². The lowest BCUT2D eigenvalue weighted by Gasteiger charge is -2.14. The summed E-state index contributed by atoms with van der Waals surface area (Å²) < 4.78 is 10.4. The van der Waals surface area contributed by atoms with Gasteiger partial charge in [-0.25, -0.2) is 0 Å². The maximum absolute atomic E-state index is 11.6. The number of carbonyl (C=O) groups excluding carboxylic acids is 1. The molecule has 0 aliphatic heterocycles. The first-order chi connectivity index (χ1) is 7.65. The van der Waals surface area contributed by atoms with E-state index in [4.69, 9.17) is 9.47 Å². The van der Waals surface area contributed by atoms with Crippen LogP contribution in [0.2, 0.25) is 0 Å². The van der Waals surface area contributed by atoms with Gasteiger partial charge in [0.2, 0.25) is 0 Å². The molecule has 0 aromatic heterocycles. The third-order valence-electron chi connectivity index (χ3n) is 2.37. The number of methoxy groups -OCH3 is 2. The molecule has 3 heteroatoms. The standard InChI is InChI=1S/C13H16O3/c1-5-6-10-11(15-3)7-8-12(16-4)13(10)9(2)14/h5,7-8H,1,6H2,2-4H3. The molecule has 0 aliphatic carbocycles. The number of hydrogen-bond acceptors (Lipinski definition) is 3. The van der Waals surface area contributed by atoms with Gasteiger partial charge in [0.25, 0.3) is 0 Å². The molecule has 0 atom stereocenters. The zero-order chi connectivity index (χ0) is 12.1. The lowest BCUT2D eigenvalue weighted by Crippen LogP contribution is -2.05. The Morgan fingerprint density at radius 3 is 2.31 bits per heavy atom. The monoisotopic (exact) mass is 220 g/mol. The van der Waals surface area contributed by atoms with Crippen molar-refractivity contribution in [1.82, 2.24) is 0 Å². The van der Waals surface area contributed by atoms with E-state index in [9.17, 15) is 4.79 Å². The van der Waals surface area contributed by atoms with Crippen LogP contribution in [-0.2, 0) is 6.42 Å². The van der Waals surface area contributed by atoms with Crippen LogP contribution in [0.15, 0.2) is 24.8 Å². The third kappa shape index (κ3) is 2.24. The maximum Gasteiger partial charge on any atom is 0.163 e. The van der Waals surface area contributed by atoms with Gasteiger partial charge < -0.3 is 9.47 Å². The summed E-state index contributed by atoms with van der Waals surface area (Å²) in [7, 11) is 3.13. The number of allylic oxidation sites excluding steroid dienone is 1. The SMILES string of the molecule is C=CCc1c(OC)ccc(OC)c1C(C)=O. The molecule has 0 heterocycles. The van der Waals surface area contributed by atoms with E-state index in [-0.39, 0.29) is 5.78 Å². The summed E-state index contributed by atoms with van der Waals surface area (Å²) in [6.07, 6.45) is 2.32. The quantitative estimate of drug-likeness (QED) is 0.565. The Hall–Kier alpha value is -1.77. The van der Waals surface area contributed by atoms with E-state index in [1.165, 1.54) is 6.92 Å². The highest BCUT2D eigenvalue weighted by atomic mass is 16.5. The molecule has 1 rings (SSSR count). The second-order valence-electron chi connectivity index (χ2n) is 3.37. The van der Waals surface area contributed by atoms with Crippen molar-refractivity contribution >= 4 is 5.78 Å². The lowest BCUT2D eigenvalue weighted by molar-refractivity contribution is 0.101. The molecule has 0 saturated carbocycles. The zero-order valence-electron chi connectivity index (χ0n) is 9.87. The van der Waals surface area contributed by atoms with Crippen LogP contribution < -0.4 is 9.47 Å². The Morgan fingerprint density at radius 2 is 1.88 bits per heavy atom. The molecule has 0 spiro atoms. The first kappa shape index (κ1) is 12.3. The molecule has 16 heavy (non-hydrogen) atoms. The van der Waals surface area contributed by atoms with Crippen LogP contribution in [0.1, 0.15) is 22.8 Å². The summed E-state index contributed by atoms with van der Waals surface area (Å²) in [5, 5.41) is 0. The van der Waals surface area contributed by atoms with Crippen LogP contribution in [0.3, 0.4) is 0 Å². The second-order valence-corrected chi connectivity index (χ2v) is 3.37. The van der Waals surface area contributed by atoms with Crippen LogP contribution >= 0.6 is 0 Å². The van der Waals surface area contributed by atoms with E-state index in [1.807, 2.05) is 0 Å². The number of hydrogen-bond donors (Lipinski definition) is 0. The lowest BCUT2D eigenvalue weighted by atomic mass is 9.99. The number of Topliss-reactive ketones (excluding diaryl/α,β-unsaturated/α-hetero) is 1. The second kappa shape index (κ2) is 5.35. The van der Waals surface area contributed by atoms with E-state index in [1.54, 1.807) is 32.4 Å². The summed E-state index contributed by atoms with van der Waals surface area (Å²) in [4.78, 5) is 11.6. The summed E-state index contributed by atoms with van der Waals surface area (Å²) in [6, 6.07) is 3.53. The minimum absolute atomic E-state index is 0.0346. The number of carbonyl (C=O) groups is 1. The van der Waals surface area contributed by atoms with Crippen LogP contribution in [0.5, 0.6) is 11.5 Å². The van der Waals surface area contributed by atoms with Gasteiger partial charge in [0.05, 0.1) is 19.8 Å². The van der Waals surface area contributed by atoms with E-state index in [0.717, 1.165) is 5.56 Å². The number of ether oxygens (including phenoxy) is 2. The predicted molar refractivity (Wildman–Crippen MR) is 63.5 cm³/mol. The molecule has 0 bridgehead atoms. The molecule has 1 aromatic rings. The Kier molecular flexibility index (Phi) is 4.11. The van der Waals surface area contributed by atoms with Gasteiger partial charge in [0.1, 0.15) is 11.5 Å². The highest BCUT2D eigenvalue weighted by Crippen LogP contribution is 2.31. The minimum Gasteiger partial charge on any atom is -0.496 e. The van der Waals surface area contributed by atoms with Gasteiger partial charge >= 0.3 is 0 Å². The minimum atomic E-state index is -0.0346. The van der Waals surface area contributed by atoms with Crippen molar-refractivity contribution in [2.75, 3.05) is 14.2 Å². The topological polar surface area (TPSA) is 35.5 Å². The van der Waals surface area contributed by atoms with Crippen LogP contribution in [0.4, 0.5) is 0 Å². The van der Waals surface area contributed by atoms with E-state index < -0.39 is 0 Å². The first-order valence-corrected chi connectivity index (χ1v) is 5.01. The first-order valence-electron chi connectivity index (χ1n) is 5.01. The average Bonchev–Trinajstić information content (AvgIpc) is 2.28. The van der Waals surface area contributed by atoms with E-state index >= 15 is 0 Å². The third-order valence-corrected chi connectivity index (χ3v) is 2.37. The summed E-state index contributed by atoms with van der Waals surface area (Å²) in [5.74, 6) is 1.23. The molecule has 0 saturated heterocycles. The van der Waals surface area contributed by atoms with Crippen molar-refractivity contribution in [2.24, 2.45) is 0 Å². The molecular weight excluding hydrogens is 204 g/mol. The van der Waals surface area contributed by atoms with Crippen molar-refractivity contribution in [3.8, 4) is 11.5 Å². The van der Waals surface area contributed by atoms with Crippen molar-refractivity contribution in [3.05, 3.63) is 35.9 Å². The van der Waals surface area contributed by atoms with Gasteiger partial charge in [-0.3, -0.25) is 4.79 Å².